The van der Waals surface area contributed by atoms with Gasteiger partial charge in [0.1, 0.15) is 0 Å². The molecule has 0 aromatic rings. The maximum Gasteiger partial charge on any atom is 0.0693 e. The largest absolute Gasteiger partial charge is 0.316 e. The maximum atomic E-state index is 5.84. The van der Waals surface area contributed by atoms with E-state index in [4.69, 9.17) is 22.9 Å². The number of nitrogens with two attached hydrogens (primary N) is 4. The van der Waals surface area contributed by atoms with E-state index in [2.05, 4.69) is 0 Å². The Morgan fingerprint density at radius 3 is 2.18 bits per heavy atom. The van der Waals surface area contributed by atoms with E-state index in [0.717, 1.165) is 25.7 Å². The molecule has 11 heavy (non-hydrogen) atoms. The third-order valence-corrected chi connectivity index (χ3v) is 2.53. The van der Waals surface area contributed by atoms with E-state index in [9.17, 15) is 0 Å². The van der Waals surface area contributed by atoms with Crippen LogP contribution in [-0.2, 0) is 0 Å². The molecular formula is C7H18N4. The standard InChI is InChI=1S/C7H18N4/c8-6(9)5-3-1-2-4-7(5,10)11/h5-6H,1-4,8-11H2. The zero-order valence-corrected chi connectivity index (χ0v) is 6.79. The van der Waals surface area contributed by atoms with E-state index < -0.39 is 5.66 Å². The second kappa shape index (κ2) is 3.06. The molecule has 1 unspecified atom stereocenters. The molecular weight excluding hydrogens is 140 g/mol. The third kappa shape index (κ3) is 1.90. The summed E-state index contributed by atoms with van der Waals surface area (Å²) in [6.07, 6.45) is 3.67. The Labute approximate surface area is 67.3 Å². The van der Waals surface area contributed by atoms with E-state index in [-0.39, 0.29) is 12.1 Å². The maximum absolute atomic E-state index is 5.84. The minimum Gasteiger partial charge on any atom is -0.316 e. The van der Waals surface area contributed by atoms with Crippen molar-refractivity contribution in [2.45, 2.75) is 37.5 Å². The van der Waals surface area contributed by atoms with Crippen LogP contribution in [0.3, 0.4) is 0 Å². The molecule has 0 aromatic carbocycles. The highest BCUT2D eigenvalue weighted by Crippen LogP contribution is 2.28. The Bertz CT molecular complexity index is 132. The summed E-state index contributed by atoms with van der Waals surface area (Å²) < 4.78 is 0. The Kier molecular flexibility index (Phi) is 2.49. The molecule has 0 saturated heterocycles. The molecule has 4 heteroatoms. The Morgan fingerprint density at radius 1 is 1.18 bits per heavy atom. The van der Waals surface area contributed by atoms with Crippen LogP contribution in [0.1, 0.15) is 25.7 Å². The molecule has 1 aliphatic rings. The fourth-order valence-electron chi connectivity index (χ4n) is 1.80. The van der Waals surface area contributed by atoms with Gasteiger partial charge in [-0.15, -0.1) is 0 Å². The molecule has 0 bridgehead atoms. The first-order chi connectivity index (χ1) is 5.04. The van der Waals surface area contributed by atoms with Crippen LogP contribution in [0.4, 0.5) is 0 Å². The zero-order valence-electron chi connectivity index (χ0n) is 6.79. The predicted molar refractivity (Wildman–Crippen MR) is 45.2 cm³/mol. The van der Waals surface area contributed by atoms with Crippen molar-refractivity contribution in [3.8, 4) is 0 Å². The second-order valence-electron chi connectivity index (χ2n) is 3.54. The lowest BCUT2D eigenvalue weighted by molar-refractivity contribution is 0.167. The van der Waals surface area contributed by atoms with Gasteiger partial charge < -0.3 is 22.9 Å². The van der Waals surface area contributed by atoms with Crippen LogP contribution in [0, 0.1) is 5.92 Å². The summed E-state index contributed by atoms with van der Waals surface area (Å²) in [6, 6.07) is 0. The monoisotopic (exact) mass is 158 g/mol. The molecule has 1 aliphatic carbocycles. The third-order valence-electron chi connectivity index (χ3n) is 2.53. The van der Waals surface area contributed by atoms with E-state index in [0.29, 0.717) is 0 Å². The Balaban J connectivity index is 2.60. The minimum atomic E-state index is -0.633. The van der Waals surface area contributed by atoms with Gasteiger partial charge in [0.15, 0.2) is 0 Å². The van der Waals surface area contributed by atoms with E-state index in [1.165, 1.54) is 0 Å². The second-order valence-corrected chi connectivity index (χ2v) is 3.54. The molecule has 0 spiro atoms. The molecule has 0 radical (unpaired) electrons. The van der Waals surface area contributed by atoms with E-state index in [1.54, 1.807) is 0 Å². The number of rotatable bonds is 1. The fraction of sp³-hybridized carbons (Fsp3) is 1.00. The number of hydrogen-bond acceptors (Lipinski definition) is 4. The van der Waals surface area contributed by atoms with E-state index in [1.807, 2.05) is 0 Å². The lowest BCUT2D eigenvalue weighted by Gasteiger charge is -2.39. The van der Waals surface area contributed by atoms with Gasteiger partial charge >= 0.3 is 0 Å². The molecule has 0 aliphatic heterocycles. The molecule has 0 aromatic heterocycles. The van der Waals surface area contributed by atoms with E-state index >= 15 is 0 Å². The molecule has 8 N–H and O–H groups in total. The lowest BCUT2D eigenvalue weighted by atomic mass is 9.78. The van der Waals surface area contributed by atoms with Crippen molar-refractivity contribution in [1.29, 1.82) is 0 Å². The molecule has 1 saturated carbocycles. The number of hydrogen-bond donors (Lipinski definition) is 4. The van der Waals surface area contributed by atoms with Crippen molar-refractivity contribution in [2.75, 3.05) is 0 Å². The molecule has 0 amide bonds. The van der Waals surface area contributed by atoms with Crippen molar-refractivity contribution < 1.29 is 0 Å². The summed E-state index contributed by atoms with van der Waals surface area (Å²) in [5, 5.41) is 0. The van der Waals surface area contributed by atoms with Crippen LogP contribution in [0.2, 0.25) is 0 Å². The van der Waals surface area contributed by atoms with Crippen molar-refractivity contribution in [1.82, 2.24) is 0 Å². The first-order valence-electron chi connectivity index (χ1n) is 4.13. The highest BCUT2D eigenvalue weighted by molar-refractivity contribution is 4.92. The zero-order chi connectivity index (χ0) is 8.48. The van der Waals surface area contributed by atoms with Crippen LogP contribution in [0.15, 0.2) is 0 Å². The normalized spacial score (nSPS) is 30.8. The molecule has 1 rings (SSSR count). The van der Waals surface area contributed by atoms with Crippen molar-refractivity contribution >= 4 is 0 Å². The van der Waals surface area contributed by atoms with Crippen LogP contribution in [0.25, 0.3) is 0 Å². The van der Waals surface area contributed by atoms with Gasteiger partial charge in [-0.2, -0.15) is 0 Å². The predicted octanol–water partition coefficient (Wildman–Crippen LogP) is -0.966. The topological polar surface area (TPSA) is 104 Å². The van der Waals surface area contributed by atoms with Crippen LogP contribution < -0.4 is 22.9 Å². The molecule has 1 fully saturated rings. The van der Waals surface area contributed by atoms with Crippen LogP contribution in [0.5, 0.6) is 0 Å². The average Bonchev–Trinajstić information content (AvgIpc) is 1.85. The molecule has 0 heterocycles. The molecule has 66 valence electrons. The molecule has 1 atom stereocenters. The van der Waals surface area contributed by atoms with Gasteiger partial charge in [0.25, 0.3) is 0 Å². The van der Waals surface area contributed by atoms with Gasteiger partial charge in [0, 0.05) is 5.92 Å². The molecule has 4 nitrogen and oxygen atoms in total. The van der Waals surface area contributed by atoms with Crippen molar-refractivity contribution in [3.63, 3.8) is 0 Å². The minimum absolute atomic E-state index is 0.0799. The Hall–Kier alpha value is -0.160. The van der Waals surface area contributed by atoms with Crippen molar-refractivity contribution in [2.24, 2.45) is 28.9 Å². The van der Waals surface area contributed by atoms with Gasteiger partial charge in [-0.1, -0.05) is 12.8 Å². The quantitative estimate of drug-likeness (QED) is 0.369. The first kappa shape index (κ1) is 8.93. The first-order valence-corrected chi connectivity index (χ1v) is 4.13. The summed E-state index contributed by atoms with van der Waals surface area (Å²) in [6.45, 7) is 0. The summed E-state index contributed by atoms with van der Waals surface area (Å²) in [5.74, 6) is 0.0799. The SMILES string of the molecule is NC(N)C1CCCCC1(N)N. The van der Waals surface area contributed by atoms with Crippen LogP contribution in [-0.4, -0.2) is 11.8 Å². The lowest BCUT2D eigenvalue weighted by Crippen LogP contribution is -2.63. The highest BCUT2D eigenvalue weighted by Gasteiger charge is 2.35. The van der Waals surface area contributed by atoms with Crippen LogP contribution >= 0.6 is 0 Å². The highest BCUT2D eigenvalue weighted by atomic mass is 15.0. The van der Waals surface area contributed by atoms with Gasteiger partial charge in [0.2, 0.25) is 0 Å². The summed E-state index contributed by atoms with van der Waals surface area (Å²) in [7, 11) is 0. The Morgan fingerprint density at radius 2 is 1.82 bits per heavy atom. The van der Waals surface area contributed by atoms with Gasteiger partial charge in [-0.25, -0.2) is 0 Å². The average molecular weight is 158 g/mol. The van der Waals surface area contributed by atoms with Crippen molar-refractivity contribution in [3.05, 3.63) is 0 Å². The van der Waals surface area contributed by atoms with Gasteiger partial charge in [-0.05, 0) is 12.8 Å². The smallest absolute Gasteiger partial charge is 0.0693 e. The van der Waals surface area contributed by atoms with Gasteiger partial charge in [-0.3, -0.25) is 0 Å². The summed E-state index contributed by atoms with van der Waals surface area (Å²) >= 11 is 0. The fourth-order valence-corrected chi connectivity index (χ4v) is 1.80. The summed E-state index contributed by atoms with van der Waals surface area (Å²) in [5.41, 5.74) is 22.2. The van der Waals surface area contributed by atoms with Gasteiger partial charge in [0.05, 0.1) is 11.8 Å². The summed E-state index contributed by atoms with van der Waals surface area (Å²) in [4.78, 5) is 0.